The Morgan fingerprint density at radius 2 is 1.04 bits per heavy atom. The number of aromatic carboxylic acids is 3. The molecule has 0 atom stereocenters. The van der Waals surface area contributed by atoms with Crippen LogP contribution in [0.5, 0.6) is 5.75 Å². The number of hydrogen-bond donors (Lipinski definition) is 4. The third-order valence-electron chi connectivity index (χ3n) is 2.70. The zero-order valence-corrected chi connectivity index (χ0v) is 13.6. The van der Waals surface area contributed by atoms with Gasteiger partial charge in [-0.25, -0.2) is 14.4 Å². The van der Waals surface area contributed by atoms with Crippen LogP contribution in [0.1, 0.15) is 31.1 Å². The Balaban J connectivity index is 0.000000263. The van der Waals surface area contributed by atoms with Crippen LogP contribution in [0.3, 0.4) is 0 Å². The molecule has 4 N–H and O–H groups in total. The fraction of sp³-hybridized carbons (Fsp3) is 0. The molecule has 0 saturated carbocycles. The monoisotopic (exact) mass is 384 g/mol. The number of para-hydroxylation sites is 1. The minimum atomic E-state index is -4.70. The molecule has 0 fully saturated rings. The lowest BCUT2D eigenvalue weighted by Crippen LogP contribution is -2.10. The standard InChI is InChI=1S/C8H6O4.C7H6O6S/c9-7(10)5-3-1-2-4-6(5)8(11)12;8-7(9)5-3-1-2-4-6(5)13-14(10,11)12/h1-4H,(H,9,10)(H,11,12);1-4H,(H,8,9)(H,10,11,12). The molecule has 0 radical (unpaired) electrons. The molecule has 26 heavy (non-hydrogen) atoms. The van der Waals surface area contributed by atoms with Crippen molar-refractivity contribution in [2.45, 2.75) is 0 Å². The van der Waals surface area contributed by atoms with Gasteiger partial charge in [-0.1, -0.05) is 24.3 Å². The second-order valence-corrected chi connectivity index (χ2v) is 5.49. The zero-order chi connectivity index (χ0) is 19.9. The van der Waals surface area contributed by atoms with Gasteiger partial charge in [0, 0.05) is 0 Å². The van der Waals surface area contributed by atoms with Crippen LogP contribution < -0.4 is 4.18 Å². The molecule has 11 heteroatoms. The predicted molar refractivity (Wildman–Crippen MR) is 85.9 cm³/mol. The third kappa shape index (κ3) is 6.22. The second kappa shape index (κ2) is 8.60. The van der Waals surface area contributed by atoms with Crippen LogP contribution in [0.4, 0.5) is 0 Å². The molecule has 2 aromatic carbocycles. The van der Waals surface area contributed by atoms with Gasteiger partial charge in [0.1, 0.15) is 5.56 Å². The van der Waals surface area contributed by atoms with Gasteiger partial charge >= 0.3 is 28.3 Å². The van der Waals surface area contributed by atoms with Gasteiger partial charge < -0.3 is 19.5 Å². The highest BCUT2D eigenvalue weighted by Gasteiger charge is 2.15. The molecule has 0 aliphatic carbocycles. The van der Waals surface area contributed by atoms with Crippen molar-refractivity contribution in [2.75, 3.05) is 0 Å². The fourth-order valence-electron chi connectivity index (χ4n) is 1.69. The summed E-state index contributed by atoms with van der Waals surface area (Å²) in [4.78, 5) is 31.5. The molecule has 10 nitrogen and oxygen atoms in total. The molecule has 2 rings (SSSR count). The summed E-state index contributed by atoms with van der Waals surface area (Å²) < 4.78 is 33.0. The third-order valence-corrected chi connectivity index (χ3v) is 3.09. The van der Waals surface area contributed by atoms with Crippen molar-refractivity contribution in [3.8, 4) is 5.75 Å². The molecule has 0 aliphatic rings. The molecular weight excluding hydrogens is 372 g/mol. The van der Waals surface area contributed by atoms with Crippen LogP contribution in [0.25, 0.3) is 0 Å². The van der Waals surface area contributed by atoms with Gasteiger partial charge in [0.05, 0.1) is 11.1 Å². The Bertz CT molecular complexity index is 900. The van der Waals surface area contributed by atoms with Crippen molar-refractivity contribution in [3.05, 3.63) is 65.2 Å². The summed E-state index contributed by atoms with van der Waals surface area (Å²) in [6, 6.07) is 10.5. The van der Waals surface area contributed by atoms with Crippen molar-refractivity contribution in [2.24, 2.45) is 0 Å². The molecule has 0 aliphatic heterocycles. The number of hydrogen-bond acceptors (Lipinski definition) is 6. The van der Waals surface area contributed by atoms with Crippen LogP contribution in [-0.2, 0) is 10.4 Å². The topological polar surface area (TPSA) is 175 Å². The Labute approximate surface area is 146 Å². The lowest BCUT2D eigenvalue weighted by Gasteiger charge is -2.03. The summed E-state index contributed by atoms with van der Waals surface area (Å²) in [7, 11) is -4.70. The maximum absolute atomic E-state index is 10.6. The average Bonchev–Trinajstić information content (AvgIpc) is 2.54. The predicted octanol–water partition coefficient (Wildman–Crippen LogP) is 1.65. The van der Waals surface area contributed by atoms with E-state index in [0.717, 1.165) is 12.1 Å². The van der Waals surface area contributed by atoms with E-state index in [-0.39, 0.29) is 16.7 Å². The Morgan fingerprint density at radius 1 is 0.692 bits per heavy atom. The quantitative estimate of drug-likeness (QED) is 0.554. The van der Waals surface area contributed by atoms with E-state index in [1.165, 1.54) is 36.4 Å². The summed E-state index contributed by atoms with van der Waals surface area (Å²) in [5, 5.41) is 25.7. The van der Waals surface area contributed by atoms with Crippen molar-refractivity contribution in [1.29, 1.82) is 0 Å². The van der Waals surface area contributed by atoms with E-state index < -0.39 is 34.1 Å². The largest absolute Gasteiger partial charge is 0.478 e. The summed E-state index contributed by atoms with van der Waals surface area (Å²) in [5.74, 6) is -4.23. The Morgan fingerprint density at radius 3 is 1.38 bits per heavy atom. The smallest absolute Gasteiger partial charge is 0.446 e. The first-order valence-corrected chi connectivity index (χ1v) is 7.94. The summed E-state index contributed by atoms with van der Waals surface area (Å²) in [5.41, 5.74) is -0.722. The van der Waals surface area contributed by atoms with Crippen LogP contribution in [0.2, 0.25) is 0 Å². The minimum absolute atomic E-state index is 0.190. The first-order valence-electron chi connectivity index (χ1n) is 6.57. The highest BCUT2D eigenvalue weighted by molar-refractivity contribution is 7.81. The number of carbonyl (C=O) groups is 3. The molecule has 0 amide bonds. The lowest BCUT2D eigenvalue weighted by atomic mass is 10.1. The van der Waals surface area contributed by atoms with Gasteiger partial charge in [-0.05, 0) is 24.3 Å². The van der Waals surface area contributed by atoms with E-state index >= 15 is 0 Å². The molecule has 138 valence electrons. The molecule has 0 spiro atoms. The normalized spacial score (nSPS) is 10.2. The first-order chi connectivity index (χ1) is 12.0. The summed E-state index contributed by atoms with van der Waals surface area (Å²) >= 11 is 0. The SMILES string of the molecule is O=C(O)c1ccccc1C(=O)O.O=C(O)c1ccccc1OS(=O)(=O)O. The van der Waals surface area contributed by atoms with E-state index in [2.05, 4.69) is 4.18 Å². The molecule has 0 saturated heterocycles. The van der Waals surface area contributed by atoms with Crippen LogP contribution in [0, 0.1) is 0 Å². The van der Waals surface area contributed by atoms with E-state index in [9.17, 15) is 22.8 Å². The molecule has 0 heterocycles. The van der Waals surface area contributed by atoms with E-state index in [1.807, 2.05) is 0 Å². The van der Waals surface area contributed by atoms with Crippen molar-refractivity contribution < 1.29 is 46.9 Å². The van der Waals surface area contributed by atoms with Crippen molar-refractivity contribution >= 4 is 28.3 Å². The Hall–Kier alpha value is -3.44. The number of benzene rings is 2. The van der Waals surface area contributed by atoms with Gasteiger partial charge in [-0.2, -0.15) is 8.42 Å². The van der Waals surface area contributed by atoms with Gasteiger partial charge in [0.2, 0.25) is 0 Å². The average molecular weight is 384 g/mol. The van der Waals surface area contributed by atoms with Gasteiger partial charge in [-0.15, -0.1) is 0 Å². The summed E-state index contributed by atoms with van der Waals surface area (Å²) in [6.45, 7) is 0. The van der Waals surface area contributed by atoms with Crippen LogP contribution in [-0.4, -0.2) is 46.2 Å². The fourth-order valence-corrected chi connectivity index (χ4v) is 2.06. The van der Waals surface area contributed by atoms with Crippen LogP contribution in [0.15, 0.2) is 48.5 Å². The Kier molecular flexibility index (Phi) is 6.81. The van der Waals surface area contributed by atoms with Crippen molar-refractivity contribution in [1.82, 2.24) is 0 Å². The first kappa shape index (κ1) is 20.6. The molecule has 0 unspecified atom stereocenters. The summed E-state index contributed by atoms with van der Waals surface area (Å²) in [6.07, 6.45) is 0. The minimum Gasteiger partial charge on any atom is -0.478 e. The van der Waals surface area contributed by atoms with E-state index in [1.54, 1.807) is 0 Å². The van der Waals surface area contributed by atoms with Gasteiger partial charge in [0.15, 0.2) is 5.75 Å². The molecule has 0 aromatic heterocycles. The molecule has 2 aromatic rings. The van der Waals surface area contributed by atoms with Gasteiger partial charge in [-0.3, -0.25) is 4.55 Å². The van der Waals surface area contributed by atoms with E-state index in [0.29, 0.717) is 0 Å². The lowest BCUT2D eigenvalue weighted by molar-refractivity contribution is 0.0651. The highest BCUT2D eigenvalue weighted by atomic mass is 32.3. The second-order valence-electron chi connectivity index (χ2n) is 4.47. The van der Waals surface area contributed by atoms with Gasteiger partial charge in [0.25, 0.3) is 0 Å². The number of carboxylic acids is 3. The van der Waals surface area contributed by atoms with Crippen molar-refractivity contribution in [3.63, 3.8) is 0 Å². The maximum atomic E-state index is 10.6. The van der Waals surface area contributed by atoms with E-state index in [4.69, 9.17) is 19.9 Å². The highest BCUT2D eigenvalue weighted by Crippen LogP contribution is 2.18. The number of carboxylic acid groups (broad SMARTS) is 3. The molecule has 0 bridgehead atoms. The van der Waals surface area contributed by atoms with Crippen LogP contribution >= 0.6 is 0 Å². The molecular formula is C15H12O10S. The zero-order valence-electron chi connectivity index (χ0n) is 12.8. The number of rotatable bonds is 5. The maximum Gasteiger partial charge on any atom is 0.446 e.